The number of nitrogens with one attached hydrogen (secondary N) is 1. The molecule has 0 aromatic heterocycles. The van der Waals surface area contributed by atoms with Crippen molar-refractivity contribution in [2.75, 3.05) is 6.54 Å². The van der Waals surface area contributed by atoms with E-state index in [-0.39, 0.29) is 6.10 Å². The zero-order valence-corrected chi connectivity index (χ0v) is 8.50. The van der Waals surface area contributed by atoms with Crippen molar-refractivity contribution >= 4 is 0 Å². The molecule has 0 spiro atoms. The Labute approximate surface area is 80.7 Å². The van der Waals surface area contributed by atoms with Crippen LogP contribution in [0, 0.1) is 11.8 Å². The Morgan fingerprint density at radius 3 is 2.54 bits per heavy atom. The molecule has 2 N–H and O–H groups in total. The predicted octanol–water partition coefficient (Wildman–Crippen LogP) is 1.54. The number of hydrogen-bond acceptors (Lipinski definition) is 2. The van der Waals surface area contributed by atoms with Crippen molar-refractivity contribution in [3.8, 4) is 0 Å². The highest BCUT2D eigenvalue weighted by Crippen LogP contribution is 2.32. The predicted molar refractivity (Wildman–Crippen MR) is 53.5 cm³/mol. The second kappa shape index (κ2) is 3.97. The first-order chi connectivity index (χ1) is 6.25. The van der Waals surface area contributed by atoms with Gasteiger partial charge in [-0.1, -0.05) is 6.92 Å². The molecule has 4 atom stereocenters. The Bertz CT molecular complexity index is 163. The van der Waals surface area contributed by atoms with E-state index in [2.05, 4.69) is 12.2 Å². The molecule has 2 aliphatic rings. The number of piperidine rings is 1. The maximum atomic E-state index is 9.45. The maximum Gasteiger partial charge on any atom is 0.0543 e. The molecule has 1 aliphatic carbocycles. The number of aliphatic hydroxyl groups excluding tert-OH is 1. The van der Waals surface area contributed by atoms with Gasteiger partial charge in [-0.05, 0) is 50.5 Å². The minimum Gasteiger partial charge on any atom is -0.393 e. The lowest BCUT2D eigenvalue weighted by Gasteiger charge is -2.32. The standard InChI is InChI=1S/C11H21NO/c1-8-2-5-11(12-7-8)9-3-4-10(13)6-9/h8-13H,2-7H2,1H3. The minimum absolute atomic E-state index is 0.00819. The van der Waals surface area contributed by atoms with Gasteiger partial charge in [0.25, 0.3) is 0 Å². The quantitative estimate of drug-likeness (QED) is 0.646. The first-order valence-electron chi connectivity index (χ1n) is 5.67. The summed E-state index contributed by atoms with van der Waals surface area (Å²) in [6.07, 6.45) is 5.96. The molecule has 4 unspecified atom stereocenters. The summed E-state index contributed by atoms with van der Waals surface area (Å²) in [6.45, 7) is 3.49. The average molecular weight is 183 g/mol. The summed E-state index contributed by atoms with van der Waals surface area (Å²) in [7, 11) is 0. The van der Waals surface area contributed by atoms with E-state index >= 15 is 0 Å². The lowest BCUT2D eigenvalue weighted by Crippen LogP contribution is -2.42. The van der Waals surface area contributed by atoms with Gasteiger partial charge in [-0.2, -0.15) is 0 Å². The van der Waals surface area contributed by atoms with E-state index in [0.29, 0.717) is 6.04 Å². The molecule has 1 saturated carbocycles. The van der Waals surface area contributed by atoms with Crippen molar-refractivity contribution < 1.29 is 5.11 Å². The molecule has 1 aliphatic heterocycles. The molecule has 2 rings (SSSR count). The van der Waals surface area contributed by atoms with Gasteiger partial charge >= 0.3 is 0 Å². The van der Waals surface area contributed by atoms with Crippen molar-refractivity contribution in [2.24, 2.45) is 11.8 Å². The van der Waals surface area contributed by atoms with Crippen LogP contribution in [0.1, 0.15) is 39.0 Å². The summed E-state index contributed by atoms with van der Waals surface area (Å²) in [6, 6.07) is 0.702. The van der Waals surface area contributed by atoms with Gasteiger partial charge in [-0.25, -0.2) is 0 Å². The number of rotatable bonds is 1. The number of hydrogen-bond donors (Lipinski definition) is 2. The molecule has 0 radical (unpaired) electrons. The Kier molecular flexibility index (Phi) is 2.89. The van der Waals surface area contributed by atoms with Crippen molar-refractivity contribution in [2.45, 2.75) is 51.2 Å². The van der Waals surface area contributed by atoms with Crippen LogP contribution >= 0.6 is 0 Å². The second-order valence-electron chi connectivity index (χ2n) is 4.92. The van der Waals surface area contributed by atoms with E-state index < -0.39 is 0 Å². The zero-order valence-electron chi connectivity index (χ0n) is 8.50. The lowest BCUT2D eigenvalue weighted by molar-refractivity contribution is 0.167. The van der Waals surface area contributed by atoms with Crippen LogP contribution in [0.5, 0.6) is 0 Å². The van der Waals surface area contributed by atoms with E-state index in [9.17, 15) is 5.11 Å². The molecule has 1 saturated heterocycles. The normalized spacial score (nSPS) is 46.6. The van der Waals surface area contributed by atoms with E-state index in [0.717, 1.165) is 24.7 Å². The first kappa shape index (κ1) is 9.47. The third-order valence-corrected chi connectivity index (χ3v) is 3.71. The Morgan fingerprint density at radius 2 is 2.00 bits per heavy atom. The Hall–Kier alpha value is -0.0800. The van der Waals surface area contributed by atoms with Gasteiger partial charge in [0.15, 0.2) is 0 Å². The van der Waals surface area contributed by atoms with E-state index in [4.69, 9.17) is 0 Å². The van der Waals surface area contributed by atoms with Crippen LogP contribution in [-0.4, -0.2) is 23.8 Å². The SMILES string of the molecule is CC1CCC(C2CCC(O)C2)NC1. The summed E-state index contributed by atoms with van der Waals surface area (Å²) < 4.78 is 0. The molecule has 0 aromatic rings. The van der Waals surface area contributed by atoms with Crippen LogP contribution in [0.3, 0.4) is 0 Å². The lowest BCUT2D eigenvalue weighted by atomic mass is 9.87. The maximum absolute atomic E-state index is 9.45. The molecule has 0 bridgehead atoms. The molecule has 2 nitrogen and oxygen atoms in total. The highest BCUT2D eigenvalue weighted by molar-refractivity contribution is 4.87. The van der Waals surface area contributed by atoms with Gasteiger partial charge in [0.05, 0.1) is 6.10 Å². The van der Waals surface area contributed by atoms with Crippen LogP contribution in [-0.2, 0) is 0 Å². The van der Waals surface area contributed by atoms with Crippen LogP contribution in [0.15, 0.2) is 0 Å². The van der Waals surface area contributed by atoms with Crippen molar-refractivity contribution in [3.63, 3.8) is 0 Å². The molecular weight excluding hydrogens is 162 g/mol. The van der Waals surface area contributed by atoms with Crippen molar-refractivity contribution in [1.82, 2.24) is 5.32 Å². The van der Waals surface area contributed by atoms with Gasteiger partial charge in [-0.3, -0.25) is 0 Å². The van der Waals surface area contributed by atoms with Crippen molar-refractivity contribution in [3.05, 3.63) is 0 Å². The summed E-state index contributed by atoms with van der Waals surface area (Å²) in [5, 5.41) is 13.1. The average Bonchev–Trinajstić information content (AvgIpc) is 2.53. The molecule has 2 heteroatoms. The monoisotopic (exact) mass is 183 g/mol. The van der Waals surface area contributed by atoms with Crippen molar-refractivity contribution in [1.29, 1.82) is 0 Å². The van der Waals surface area contributed by atoms with E-state index in [1.807, 2.05) is 0 Å². The van der Waals surface area contributed by atoms with Gasteiger partial charge < -0.3 is 10.4 Å². The molecule has 0 amide bonds. The summed E-state index contributed by atoms with van der Waals surface area (Å²) in [5.41, 5.74) is 0. The Morgan fingerprint density at radius 1 is 1.15 bits per heavy atom. The molecular formula is C11H21NO. The minimum atomic E-state index is -0.00819. The fourth-order valence-corrected chi connectivity index (χ4v) is 2.78. The van der Waals surface area contributed by atoms with Gasteiger partial charge in [0, 0.05) is 6.04 Å². The second-order valence-corrected chi connectivity index (χ2v) is 4.92. The summed E-state index contributed by atoms with van der Waals surface area (Å²) in [5.74, 6) is 1.60. The fourth-order valence-electron chi connectivity index (χ4n) is 2.78. The highest BCUT2D eigenvalue weighted by Gasteiger charge is 2.31. The van der Waals surface area contributed by atoms with E-state index in [1.165, 1.54) is 25.8 Å². The van der Waals surface area contributed by atoms with Gasteiger partial charge in [-0.15, -0.1) is 0 Å². The zero-order chi connectivity index (χ0) is 9.26. The largest absolute Gasteiger partial charge is 0.393 e. The fraction of sp³-hybridized carbons (Fsp3) is 1.00. The molecule has 1 heterocycles. The first-order valence-corrected chi connectivity index (χ1v) is 5.67. The van der Waals surface area contributed by atoms with Gasteiger partial charge in [0.2, 0.25) is 0 Å². The van der Waals surface area contributed by atoms with Gasteiger partial charge in [0.1, 0.15) is 0 Å². The third-order valence-electron chi connectivity index (χ3n) is 3.71. The number of aliphatic hydroxyl groups is 1. The summed E-state index contributed by atoms with van der Waals surface area (Å²) >= 11 is 0. The molecule has 0 aromatic carbocycles. The smallest absolute Gasteiger partial charge is 0.0543 e. The van der Waals surface area contributed by atoms with Crippen LogP contribution < -0.4 is 5.32 Å². The Balaban J connectivity index is 1.81. The van der Waals surface area contributed by atoms with Crippen LogP contribution in [0.4, 0.5) is 0 Å². The molecule has 2 fully saturated rings. The van der Waals surface area contributed by atoms with E-state index in [1.54, 1.807) is 0 Å². The highest BCUT2D eigenvalue weighted by atomic mass is 16.3. The third kappa shape index (κ3) is 2.23. The molecule has 13 heavy (non-hydrogen) atoms. The van der Waals surface area contributed by atoms with Crippen LogP contribution in [0.2, 0.25) is 0 Å². The summed E-state index contributed by atoms with van der Waals surface area (Å²) in [4.78, 5) is 0. The molecule has 76 valence electrons. The van der Waals surface area contributed by atoms with Crippen LogP contribution in [0.25, 0.3) is 0 Å². The topological polar surface area (TPSA) is 32.3 Å².